The number of benzene rings is 1. The Balaban J connectivity index is 2.78. The molecular weight excluding hydrogens is 246 g/mol. The van der Waals surface area contributed by atoms with Crippen LogP contribution in [-0.2, 0) is 11.2 Å². The molecule has 0 spiro atoms. The van der Waals surface area contributed by atoms with Crippen LogP contribution in [0, 0.1) is 13.8 Å². The van der Waals surface area contributed by atoms with E-state index < -0.39 is 0 Å². The van der Waals surface area contributed by atoms with E-state index in [1.807, 2.05) is 6.07 Å². The van der Waals surface area contributed by atoms with Gasteiger partial charge in [0.2, 0.25) is 5.91 Å². The Kier molecular flexibility index (Phi) is 5.54. The maximum atomic E-state index is 11.4. The number of amides is 1. The van der Waals surface area contributed by atoms with Crippen LogP contribution in [0.25, 0.3) is 0 Å². The highest BCUT2D eigenvalue weighted by atomic mass is 32.1. The van der Waals surface area contributed by atoms with Gasteiger partial charge in [-0.1, -0.05) is 6.07 Å². The van der Waals surface area contributed by atoms with Crippen molar-refractivity contribution in [3.05, 3.63) is 28.8 Å². The molecule has 0 radical (unpaired) electrons. The summed E-state index contributed by atoms with van der Waals surface area (Å²) in [7, 11) is 3.47. The molecule has 3 nitrogen and oxygen atoms in total. The van der Waals surface area contributed by atoms with Crippen LogP contribution in [0.5, 0.6) is 5.75 Å². The van der Waals surface area contributed by atoms with Gasteiger partial charge in [-0.15, -0.1) is 0 Å². The summed E-state index contributed by atoms with van der Waals surface area (Å²) in [6.45, 7) is 4.83. The lowest BCUT2D eigenvalue weighted by atomic mass is 10.0. The second kappa shape index (κ2) is 6.69. The number of thiol groups is 1. The van der Waals surface area contributed by atoms with Gasteiger partial charge in [0, 0.05) is 13.6 Å². The molecule has 0 fully saturated rings. The number of nitrogens with zero attached hydrogens (tertiary/aromatic N) is 1. The summed E-state index contributed by atoms with van der Waals surface area (Å²) in [4.78, 5) is 13.1. The Morgan fingerprint density at radius 1 is 1.33 bits per heavy atom. The van der Waals surface area contributed by atoms with Crippen molar-refractivity contribution in [3.63, 3.8) is 0 Å². The van der Waals surface area contributed by atoms with Gasteiger partial charge in [-0.05, 0) is 43.0 Å². The van der Waals surface area contributed by atoms with E-state index >= 15 is 0 Å². The van der Waals surface area contributed by atoms with Gasteiger partial charge in [0.1, 0.15) is 5.75 Å². The van der Waals surface area contributed by atoms with Crippen molar-refractivity contribution in [1.29, 1.82) is 0 Å². The number of methoxy groups -OCH3 is 1. The van der Waals surface area contributed by atoms with Gasteiger partial charge in [0.15, 0.2) is 0 Å². The normalized spacial score (nSPS) is 10.3. The van der Waals surface area contributed by atoms with Crippen LogP contribution in [0.2, 0.25) is 0 Å². The highest BCUT2D eigenvalue weighted by Crippen LogP contribution is 2.23. The van der Waals surface area contributed by atoms with Crippen molar-refractivity contribution in [2.75, 3.05) is 26.5 Å². The fraction of sp³-hybridized carbons (Fsp3) is 0.500. The van der Waals surface area contributed by atoms with Gasteiger partial charge in [0.25, 0.3) is 0 Å². The highest BCUT2D eigenvalue weighted by Gasteiger charge is 2.10. The minimum Gasteiger partial charge on any atom is -0.496 e. The molecule has 0 N–H and O–H groups in total. The topological polar surface area (TPSA) is 29.5 Å². The maximum Gasteiger partial charge on any atom is 0.232 e. The zero-order valence-corrected chi connectivity index (χ0v) is 12.4. The molecule has 0 heterocycles. The number of aryl methyl sites for hydroxylation is 2. The third-order valence-electron chi connectivity index (χ3n) is 3.17. The number of hydrogen-bond donors (Lipinski definition) is 1. The van der Waals surface area contributed by atoms with Crippen LogP contribution in [-0.4, -0.2) is 37.3 Å². The molecule has 0 aliphatic carbocycles. The van der Waals surface area contributed by atoms with Crippen molar-refractivity contribution in [3.8, 4) is 5.75 Å². The zero-order valence-electron chi connectivity index (χ0n) is 11.5. The predicted octanol–water partition coefficient (Wildman–Crippen LogP) is 2.24. The molecular formula is C14H21NO2S. The van der Waals surface area contributed by atoms with E-state index in [-0.39, 0.29) is 11.7 Å². The molecule has 0 atom stereocenters. The molecule has 0 aliphatic heterocycles. The second-order valence-corrected chi connectivity index (χ2v) is 4.79. The Morgan fingerprint density at radius 3 is 2.50 bits per heavy atom. The third kappa shape index (κ3) is 3.67. The van der Waals surface area contributed by atoms with Gasteiger partial charge in [0.05, 0.1) is 12.9 Å². The molecule has 1 aromatic rings. The number of likely N-dealkylation sites (N-methyl/N-ethyl adjacent to an activating group) is 1. The number of hydrogen-bond acceptors (Lipinski definition) is 3. The van der Waals surface area contributed by atoms with E-state index in [4.69, 9.17) is 4.74 Å². The van der Waals surface area contributed by atoms with Gasteiger partial charge in [-0.2, -0.15) is 12.6 Å². The summed E-state index contributed by atoms with van der Waals surface area (Å²) in [5, 5.41) is 0. The molecule has 18 heavy (non-hydrogen) atoms. The first-order chi connectivity index (χ1) is 8.49. The van der Waals surface area contributed by atoms with Crippen LogP contribution in [0.1, 0.15) is 16.7 Å². The summed E-state index contributed by atoms with van der Waals surface area (Å²) >= 11 is 3.99. The summed E-state index contributed by atoms with van der Waals surface area (Å²) in [5.74, 6) is 1.19. The van der Waals surface area contributed by atoms with Gasteiger partial charge in [-0.3, -0.25) is 4.79 Å². The second-order valence-electron chi connectivity index (χ2n) is 4.47. The zero-order chi connectivity index (χ0) is 13.7. The Hall–Kier alpha value is -1.16. The van der Waals surface area contributed by atoms with Crippen molar-refractivity contribution in [2.24, 2.45) is 0 Å². The summed E-state index contributed by atoms with van der Waals surface area (Å²) in [6.07, 6.45) is 0.792. The average Bonchev–Trinajstić information content (AvgIpc) is 2.38. The van der Waals surface area contributed by atoms with Crippen molar-refractivity contribution < 1.29 is 9.53 Å². The van der Waals surface area contributed by atoms with Crippen LogP contribution < -0.4 is 4.74 Å². The van der Waals surface area contributed by atoms with Crippen molar-refractivity contribution in [1.82, 2.24) is 4.90 Å². The maximum absolute atomic E-state index is 11.4. The van der Waals surface area contributed by atoms with Crippen LogP contribution in [0.4, 0.5) is 0 Å². The lowest BCUT2D eigenvalue weighted by Crippen LogP contribution is -2.29. The molecule has 0 bridgehead atoms. The standard InChI is InChI=1S/C14H21NO2S/c1-10-7-12(13(17-4)8-11(10)2)5-6-15(3)14(16)9-18/h7-8,18H,5-6,9H2,1-4H3. The molecule has 100 valence electrons. The quantitative estimate of drug-likeness (QED) is 0.829. The fourth-order valence-corrected chi connectivity index (χ4v) is 2.01. The van der Waals surface area contributed by atoms with Crippen LogP contribution in [0.15, 0.2) is 12.1 Å². The Morgan fingerprint density at radius 2 is 1.94 bits per heavy atom. The monoisotopic (exact) mass is 267 g/mol. The number of carbonyl (C=O) groups excluding carboxylic acids is 1. The van der Waals surface area contributed by atoms with Crippen LogP contribution >= 0.6 is 12.6 Å². The first-order valence-electron chi connectivity index (χ1n) is 5.98. The average molecular weight is 267 g/mol. The largest absolute Gasteiger partial charge is 0.496 e. The van der Waals surface area contributed by atoms with Gasteiger partial charge in [-0.25, -0.2) is 0 Å². The van der Waals surface area contributed by atoms with E-state index in [1.54, 1.807) is 19.1 Å². The molecule has 1 rings (SSSR count). The lowest BCUT2D eigenvalue weighted by Gasteiger charge is -2.18. The first kappa shape index (κ1) is 14.9. The highest BCUT2D eigenvalue weighted by molar-refractivity contribution is 7.81. The summed E-state index contributed by atoms with van der Waals surface area (Å²) in [6, 6.07) is 4.18. The SMILES string of the molecule is COc1cc(C)c(C)cc1CCN(C)C(=O)CS. The van der Waals surface area contributed by atoms with E-state index in [1.165, 1.54) is 11.1 Å². The number of ether oxygens (including phenoxy) is 1. The molecule has 0 aliphatic rings. The molecule has 0 saturated heterocycles. The van der Waals surface area contributed by atoms with Crippen LogP contribution in [0.3, 0.4) is 0 Å². The predicted molar refractivity (Wildman–Crippen MR) is 77.7 cm³/mol. The number of carbonyl (C=O) groups is 1. The van der Waals surface area contributed by atoms with Crippen molar-refractivity contribution >= 4 is 18.5 Å². The molecule has 4 heteroatoms. The van der Waals surface area contributed by atoms with E-state index in [0.717, 1.165) is 17.7 Å². The molecule has 1 amide bonds. The molecule has 0 saturated carbocycles. The Labute approximate surface area is 115 Å². The summed E-state index contributed by atoms with van der Waals surface area (Å²) in [5.41, 5.74) is 3.60. The van der Waals surface area contributed by atoms with Crippen molar-refractivity contribution in [2.45, 2.75) is 20.3 Å². The minimum atomic E-state index is 0.0427. The number of rotatable bonds is 5. The smallest absolute Gasteiger partial charge is 0.232 e. The molecule has 0 aromatic heterocycles. The first-order valence-corrected chi connectivity index (χ1v) is 6.61. The minimum absolute atomic E-state index is 0.0427. The molecule has 0 unspecified atom stereocenters. The fourth-order valence-electron chi connectivity index (χ4n) is 1.77. The van der Waals surface area contributed by atoms with E-state index in [2.05, 4.69) is 32.5 Å². The third-order valence-corrected chi connectivity index (χ3v) is 3.44. The molecule has 1 aromatic carbocycles. The summed E-state index contributed by atoms with van der Waals surface area (Å²) < 4.78 is 5.38. The van der Waals surface area contributed by atoms with E-state index in [0.29, 0.717) is 6.54 Å². The van der Waals surface area contributed by atoms with Gasteiger partial charge >= 0.3 is 0 Å². The Bertz CT molecular complexity index is 432. The lowest BCUT2D eigenvalue weighted by molar-refractivity contribution is -0.127. The van der Waals surface area contributed by atoms with Gasteiger partial charge < -0.3 is 9.64 Å². The van der Waals surface area contributed by atoms with E-state index in [9.17, 15) is 4.79 Å².